The molecule has 0 rings (SSSR count). The molecule has 0 spiro atoms. The SMILES string of the molecule is CSCCC(NC(=O)C(N)CCC(=O)O)C(=O)NC(CCC(=O)O)C(=O)NCC(=O)O. The van der Waals surface area contributed by atoms with Gasteiger partial charge in [0.2, 0.25) is 17.7 Å². The molecule has 0 aromatic rings. The van der Waals surface area contributed by atoms with Gasteiger partial charge in [0.25, 0.3) is 0 Å². The van der Waals surface area contributed by atoms with E-state index < -0.39 is 66.7 Å². The fraction of sp³-hybridized carbons (Fsp3) is 0.647. The molecule has 0 aliphatic carbocycles. The van der Waals surface area contributed by atoms with Gasteiger partial charge in [0.15, 0.2) is 0 Å². The van der Waals surface area contributed by atoms with Crippen LogP contribution in [0.1, 0.15) is 32.1 Å². The molecule has 0 aromatic heterocycles. The van der Waals surface area contributed by atoms with Gasteiger partial charge in [-0.25, -0.2) is 0 Å². The summed E-state index contributed by atoms with van der Waals surface area (Å²) in [5.74, 6) is -5.64. The Morgan fingerprint density at radius 2 is 1.29 bits per heavy atom. The number of thioether (sulfide) groups is 1. The van der Waals surface area contributed by atoms with Gasteiger partial charge in [-0.2, -0.15) is 11.8 Å². The van der Waals surface area contributed by atoms with E-state index in [1.807, 2.05) is 0 Å². The maximum absolute atomic E-state index is 12.7. The predicted octanol–water partition coefficient (Wildman–Crippen LogP) is -2.03. The lowest BCUT2D eigenvalue weighted by Crippen LogP contribution is -2.56. The van der Waals surface area contributed by atoms with Crippen LogP contribution in [-0.4, -0.2) is 87.6 Å². The zero-order valence-corrected chi connectivity index (χ0v) is 17.8. The smallest absolute Gasteiger partial charge is 0.322 e. The highest BCUT2D eigenvalue weighted by atomic mass is 32.2. The fourth-order valence-corrected chi connectivity index (χ4v) is 2.76. The van der Waals surface area contributed by atoms with Crippen molar-refractivity contribution < 1.29 is 44.1 Å². The van der Waals surface area contributed by atoms with Crippen molar-refractivity contribution in [2.24, 2.45) is 5.73 Å². The maximum Gasteiger partial charge on any atom is 0.322 e. The molecule has 176 valence electrons. The summed E-state index contributed by atoms with van der Waals surface area (Å²) in [6.45, 7) is -0.719. The van der Waals surface area contributed by atoms with Crippen LogP contribution in [0.15, 0.2) is 0 Å². The molecule has 0 aromatic carbocycles. The van der Waals surface area contributed by atoms with Gasteiger partial charge in [-0.15, -0.1) is 0 Å². The van der Waals surface area contributed by atoms with E-state index in [0.29, 0.717) is 5.75 Å². The normalized spacial score (nSPS) is 13.4. The lowest BCUT2D eigenvalue weighted by molar-refractivity contribution is -0.140. The Hall–Kier alpha value is -2.87. The molecule has 0 aliphatic heterocycles. The zero-order chi connectivity index (χ0) is 24.0. The van der Waals surface area contributed by atoms with Crippen molar-refractivity contribution in [3.8, 4) is 0 Å². The number of hydrogen-bond donors (Lipinski definition) is 7. The van der Waals surface area contributed by atoms with Crippen molar-refractivity contribution in [3.63, 3.8) is 0 Å². The van der Waals surface area contributed by atoms with Crippen LogP contribution in [0.5, 0.6) is 0 Å². The number of hydrogen-bond acceptors (Lipinski definition) is 8. The van der Waals surface area contributed by atoms with Gasteiger partial charge in [-0.1, -0.05) is 0 Å². The van der Waals surface area contributed by atoms with Crippen LogP contribution in [-0.2, 0) is 28.8 Å². The Bertz CT molecular complexity index is 674. The van der Waals surface area contributed by atoms with E-state index >= 15 is 0 Å². The molecule has 3 amide bonds. The number of carboxylic acid groups (broad SMARTS) is 3. The average Bonchev–Trinajstić information content (AvgIpc) is 2.69. The number of nitrogens with one attached hydrogen (secondary N) is 3. The predicted molar refractivity (Wildman–Crippen MR) is 109 cm³/mol. The molecule has 0 bridgehead atoms. The molecule has 0 aliphatic rings. The average molecular weight is 464 g/mol. The lowest BCUT2D eigenvalue weighted by atomic mass is 10.1. The van der Waals surface area contributed by atoms with Crippen LogP contribution in [0, 0.1) is 0 Å². The van der Waals surface area contributed by atoms with Gasteiger partial charge in [0, 0.05) is 12.8 Å². The first-order valence-corrected chi connectivity index (χ1v) is 10.7. The summed E-state index contributed by atoms with van der Waals surface area (Å²) in [5.41, 5.74) is 5.64. The van der Waals surface area contributed by atoms with Crippen molar-refractivity contribution in [2.45, 2.75) is 50.2 Å². The monoisotopic (exact) mass is 464 g/mol. The van der Waals surface area contributed by atoms with E-state index in [1.54, 1.807) is 6.26 Å². The third-order valence-corrected chi connectivity index (χ3v) is 4.59. The molecule has 8 N–H and O–H groups in total. The summed E-state index contributed by atoms with van der Waals surface area (Å²) in [6, 6.07) is -3.62. The topological polar surface area (TPSA) is 225 Å². The van der Waals surface area contributed by atoms with Crippen LogP contribution in [0.2, 0.25) is 0 Å². The largest absolute Gasteiger partial charge is 0.481 e. The Morgan fingerprint density at radius 3 is 1.81 bits per heavy atom. The molecule has 14 heteroatoms. The Morgan fingerprint density at radius 1 is 0.774 bits per heavy atom. The molecule has 3 unspecified atom stereocenters. The van der Waals surface area contributed by atoms with Crippen LogP contribution in [0.25, 0.3) is 0 Å². The van der Waals surface area contributed by atoms with E-state index in [1.165, 1.54) is 11.8 Å². The maximum atomic E-state index is 12.7. The second kappa shape index (κ2) is 15.0. The minimum Gasteiger partial charge on any atom is -0.481 e. The standard InChI is InChI=1S/C17H28N4O9S/c1-31-7-6-11(20-15(28)9(18)2-4-12(22)23)17(30)21-10(3-5-13(24)25)16(29)19-8-14(26)27/h9-11H,2-8,18H2,1H3,(H,19,29)(H,20,28)(H,21,30)(H,22,23)(H,24,25)(H,26,27). The third-order valence-electron chi connectivity index (χ3n) is 3.94. The van der Waals surface area contributed by atoms with Crippen LogP contribution >= 0.6 is 11.8 Å². The second-order valence-corrected chi connectivity index (χ2v) is 7.47. The number of carbonyl (C=O) groups excluding carboxylic acids is 3. The van der Waals surface area contributed by atoms with Crippen molar-refractivity contribution >= 4 is 47.4 Å². The Labute approximate surface area is 182 Å². The third kappa shape index (κ3) is 13.1. The molecule has 31 heavy (non-hydrogen) atoms. The van der Waals surface area contributed by atoms with E-state index in [9.17, 15) is 28.8 Å². The van der Waals surface area contributed by atoms with Crippen molar-refractivity contribution in [3.05, 3.63) is 0 Å². The van der Waals surface area contributed by atoms with Crippen molar-refractivity contribution in [1.82, 2.24) is 16.0 Å². The number of rotatable bonds is 16. The molecule has 0 heterocycles. The van der Waals surface area contributed by atoms with Crippen LogP contribution < -0.4 is 21.7 Å². The Balaban J connectivity index is 5.22. The first kappa shape index (κ1) is 28.1. The van der Waals surface area contributed by atoms with Crippen LogP contribution in [0.4, 0.5) is 0 Å². The van der Waals surface area contributed by atoms with Crippen LogP contribution in [0.3, 0.4) is 0 Å². The lowest BCUT2D eigenvalue weighted by Gasteiger charge is -2.23. The summed E-state index contributed by atoms with van der Waals surface area (Å²) in [7, 11) is 0. The van der Waals surface area contributed by atoms with Crippen molar-refractivity contribution in [2.75, 3.05) is 18.6 Å². The summed E-state index contributed by atoms with van der Waals surface area (Å²) >= 11 is 1.39. The first-order chi connectivity index (χ1) is 14.5. The fourth-order valence-electron chi connectivity index (χ4n) is 2.29. The number of aliphatic carboxylic acids is 3. The highest BCUT2D eigenvalue weighted by Crippen LogP contribution is 2.05. The van der Waals surface area contributed by atoms with Gasteiger partial charge in [-0.3, -0.25) is 28.8 Å². The molecular weight excluding hydrogens is 436 g/mol. The highest BCUT2D eigenvalue weighted by molar-refractivity contribution is 7.98. The number of carbonyl (C=O) groups is 6. The molecule has 0 radical (unpaired) electrons. The van der Waals surface area contributed by atoms with E-state index in [2.05, 4.69) is 16.0 Å². The van der Waals surface area contributed by atoms with Gasteiger partial charge in [-0.05, 0) is 31.3 Å². The highest BCUT2D eigenvalue weighted by Gasteiger charge is 2.28. The molecule has 0 fully saturated rings. The molecule has 3 atom stereocenters. The molecule has 0 saturated heterocycles. The van der Waals surface area contributed by atoms with E-state index in [-0.39, 0.29) is 25.7 Å². The first-order valence-electron chi connectivity index (χ1n) is 9.26. The number of nitrogens with two attached hydrogens (primary N) is 1. The zero-order valence-electron chi connectivity index (χ0n) is 17.0. The van der Waals surface area contributed by atoms with Gasteiger partial charge in [0.1, 0.15) is 18.6 Å². The summed E-state index contributed by atoms with van der Waals surface area (Å²) < 4.78 is 0. The molecule has 0 saturated carbocycles. The summed E-state index contributed by atoms with van der Waals surface area (Å²) in [6.07, 6.45) is 0.687. The van der Waals surface area contributed by atoms with Gasteiger partial charge < -0.3 is 37.0 Å². The van der Waals surface area contributed by atoms with E-state index in [0.717, 1.165) is 0 Å². The molecular formula is C17H28N4O9S. The molecule has 13 nitrogen and oxygen atoms in total. The van der Waals surface area contributed by atoms with Gasteiger partial charge in [0.05, 0.1) is 6.04 Å². The minimum atomic E-state index is -1.34. The van der Waals surface area contributed by atoms with E-state index in [4.69, 9.17) is 21.1 Å². The number of carboxylic acids is 3. The quantitative estimate of drug-likeness (QED) is 0.132. The van der Waals surface area contributed by atoms with Crippen molar-refractivity contribution in [1.29, 1.82) is 0 Å². The second-order valence-electron chi connectivity index (χ2n) is 6.49. The number of amides is 3. The summed E-state index contributed by atoms with van der Waals surface area (Å²) in [4.78, 5) is 69.1. The van der Waals surface area contributed by atoms with Gasteiger partial charge >= 0.3 is 17.9 Å². The Kier molecular flexibility index (Phi) is 13.6. The minimum absolute atomic E-state index is 0.142. The summed E-state index contributed by atoms with van der Waals surface area (Å²) in [5, 5.41) is 33.0.